The van der Waals surface area contributed by atoms with Crippen molar-refractivity contribution in [3.05, 3.63) is 50.2 Å². The summed E-state index contributed by atoms with van der Waals surface area (Å²) in [6.07, 6.45) is 2.35. The lowest BCUT2D eigenvalue weighted by Gasteiger charge is -2.05. The quantitative estimate of drug-likeness (QED) is 0.308. The van der Waals surface area contributed by atoms with Crippen LogP contribution in [0.3, 0.4) is 0 Å². The summed E-state index contributed by atoms with van der Waals surface area (Å²) in [5.41, 5.74) is -0.469. The molecule has 0 aliphatic heterocycles. The number of fused-ring (bicyclic) bond motifs is 2. The number of amides is 1. The highest BCUT2D eigenvalue weighted by atomic mass is 32.2. The Hall–Kier alpha value is -3.85. The monoisotopic (exact) mass is 520 g/mol. The zero-order valence-corrected chi connectivity index (χ0v) is 20.7. The molecule has 15 heteroatoms. The van der Waals surface area contributed by atoms with Gasteiger partial charge in [0.1, 0.15) is 13.1 Å². The SMILES string of the molecule is COC(=O)Cn1c(=NC(=O)Cn2cnc3c2c(=O)n(C)c(=O)n3C)sc2cc(S(C)(=O)=O)ccc21. The van der Waals surface area contributed by atoms with Gasteiger partial charge in [0.05, 0.1) is 28.5 Å². The third kappa shape index (κ3) is 4.35. The Balaban J connectivity index is 1.83. The molecule has 13 nitrogen and oxygen atoms in total. The normalized spacial score (nSPS) is 12.5. The number of aryl methyl sites for hydroxylation is 1. The van der Waals surface area contributed by atoms with Gasteiger partial charge in [-0.2, -0.15) is 4.99 Å². The number of hydrogen-bond donors (Lipinski definition) is 0. The maximum Gasteiger partial charge on any atom is 0.332 e. The number of aromatic nitrogens is 5. The number of carbonyl (C=O) groups is 2. The largest absolute Gasteiger partial charge is 0.468 e. The van der Waals surface area contributed by atoms with Gasteiger partial charge in [0.15, 0.2) is 25.8 Å². The molecule has 0 saturated carbocycles. The highest BCUT2D eigenvalue weighted by Crippen LogP contribution is 2.22. The van der Waals surface area contributed by atoms with Gasteiger partial charge in [0.2, 0.25) is 0 Å². The molecule has 184 valence electrons. The highest BCUT2D eigenvalue weighted by Gasteiger charge is 2.18. The third-order valence-electron chi connectivity index (χ3n) is 5.34. The van der Waals surface area contributed by atoms with Gasteiger partial charge in [-0.05, 0) is 18.2 Å². The Kier molecular flexibility index (Phi) is 6.06. The molecular weight excluding hydrogens is 500 g/mol. The van der Waals surface area contributed by atoms with Crippen molar-refractivity contribution in [3.8, 4) is 0 Å². The van der Waals surface area contributed by atoms with E-state index in [1.54, 1.807) is 0 Å². The van der Waals surface area contributed by atoms with Gasteiger partial charge in [-0.1, -0.05) is 11.3 Å². The van der Waals surface area contributed by atoms with Crippen LogP contribution < -0.4 is 16.1 Å². The first-order chi connectivity index (χ1) is 16.4. The van der Waals surface area contributed by atoms with Crippen LogP contribution in [0, 0.1) is 0 Å². The molecule has 0 aliphatic rings. The fourth-order valence-corrected chi connectivity index (χ4v) is 5.33. The summed E-state index contributed by atoms with van der Waals surface area (Å²) in [6, 6.07) is 4.38. The molecule has 3 aromatic heterocycles. The van der Waals surface area contributed by atoms with E-state index >= 15 is 0 Å². The van der Waals surface area contributed by atoms with E-state index in [1.807, 2.05) is 0 Å². The maximum absolute atomic E-state index is 12.9. The number of esters is 1. The first-order valence-corrected chi connectivity index (χ1v) is 12.7. The summed E-state index contributed by atoms with van der Waals surface area (Å²) in [7, 11) is 0.534. The van der Waals surface area contributed by atoms with Crippen molar-refractivity contribution in [1.82, 2.24) is 23.3 Å². The van der Waals surface area contributed by atoms with E-state index in [0.717, 1.165) is 22.2 Å². The number of nitrogens with zero attached hydrogens (tertiary/aromatic N) is 6. The lowest BCUT2D eigenvalue weighted by Crippen LogP contribution is -2.37. The fraction of sp³-hybridized carbons (Fsp3) is 0.300. The average molecular weight is 521 g/mol. The molecule has 0 N–H and O–H groups in total. The molecule has 1 amide bonds. The third-order valence-corrected chi connectivity index (χ3v) is 7.49. The van der Waals surface area contributed by atoms with Crippen LogP contribution in [0.15, 0.2) is 44.0 Å². The Bertz CT molecular complexity index is 1820. The molecule has 0 fully saturated rings. The van der Waals surface area contributed by atoms with Crippen LogP contribution in [0.1, 0.15) is 0 Å². The highest BCUT2D eigenvalue weighted by molar-refractivity contribution is 7.90. The fourth-order valence-electron chi connectivity index (χ4n) is 3.52. The van der Waals surface area contributed by atoms with Crippen molar-refractivity contribution in [2.75, 3.05) is 13.4 Å². The molecule has 0 atom stereocenters. The minimum absolute atomic E-state index is 0.0646. The molecule has 0 aliphatic carbocycles. The zero-order valence-electron chi connectivity index (χ0n) is 19.1. The number of imidazole rings is 1. The van der Waals surface area contributed by atoms with Crippen LogP contribution in [0.2, 0.25) is 0 Å². The molecule has 0 radical (unpaired) electrons. The van der Waals surface area contributed by atoms with E-state index in [-0.39, 0.29) is 34.0 Å². The second-order valence-corrected chi connectivity index (χ2v) is 10.7. The summed E-state index contributed by atoms with van der Waals surface area (Å²) in [5.74, 6) is -1.25. The van der Waals surface area contributed by atoms with E-state index in [9.17, 15) is 27.6 Å². The molecule has 4 rings (SSSR count). The van der Waals surface area contributed by atoms with Crippen LogP contribution >= 0.6 is 11.3 Å². The summed E-state index contributed by atoms with van der Waals surface area (Å²) in [6.45, 7) is -0.609. The van der Waals surface area contributed by atoms with Gasteiger partial charge < -0.3 is 13.9 Å². The second kappa shape index (κ2) is 8.74. The first kappa shape index (κ1) is 24.3. The Morgan fingerprint density at radius 3 is 2.51 bits per heavy atom. The first-order valence-electron chi connectivity index (χ1n) is 10.0. The Morgan fingerprint density at radius 1 is 1.14 bits per heavy atom. The lowest BCUT2D eigenvalue weighted by molar-refractivity contribution is -0.141. The lowest BCUT2D eigenvalue weighted by atomic mass is 10.3. The van der Waals surface area contributed by atoms with Crippen LogP contribution in [0.25, 0.3) is 21.4 Å². The second-order valence-electron chi connectivity index (χ2n) is 7.70. The number of thiazole rings is 1. The summed E-state index contributed by atoms with van der Waals surface area (Å²) in [5, 5.41) is 0. The van der Waals surface area contributed by atoms with E-state index in [4.69, 9.17) is 4.74 Å². The van der Waals surface area contributed by atoms with Crippen LogP contribution in [-0.2, 0) is 51.3 Å². The van der Waals surface area contributed by atoms with Gasteiger partial charge in [-0.15, -0.1) is 0 Å². The summed E-state index contributed by atoms with van der Waals surface area (Å²) < 4.78 is 34.0. The molecule has 0 unspecified atom stereocenters. The average Bonchev–Trinajstić information content (AvgIpc) is 3.36. The summed E-state index contributed by atoms with van der Waals surface area (Å²) in [4.78, 5) is 58.0. The van der Waals surface area contributed by atoms with E-state index in [0.29, 0.717) is 10.2 Å². The van der Waals surface area contributed by atoms with Crippen molar-refractivity contribution in [1.29, 1.82) is 0 Å². The van der Waals surface area contributed by atoms with Crippen LogP contribution in [0.5, 0.6) is 0 Å². The molecule has 3 heterocycles. The Morgan fingerprint density at radius 2 is 1.86 bits per heavy atom. The predicted octanol–water partition coefficient (Wildman–Crippen LogP) is -0.846. The zero-order chi connectivity index (χ0) is 25.7. The molecule has 0 saturated heterocycles. The number of carbonyl (C=O) groups excluding carboxylic acids is 2. The standard InChI is InChI=1S/C20H20N6O7S2/c1-23-17-16(18(29)24(2)20(23)30)25(10-21-17)8-14(27)22-19-26(9-15(28)33-3)12-6-5-11(35(4,31)32)7-13(12)34-19/h5-7,10H,8-9H2,1-4H3. The van der Waals surface area contributed by atoms with Gasteiger partial charge in [-0.25, -0.2) is 18.2 Å². The number of methoxy groups -OCH3 is 1. The predicted molar refractivity (Wildman–Crippen MR) is 126 cm³/mol. The number of benzene rings is 1. The van der Waals surface area contributed by atoms with Crippen LogP contribution in [0.4, 0.5) is 0 Å². The number of hydrogen-bond acceptors (Lipinski definition) is 9. The molecule has 0 bridgehead atoms. The van der Waals surface area contributed by atoms with E-state index in [1.165, 1.54) is 59.4 Å². The van der Waals surface area contributed by atoms with Gasteiger partial charge >= 0.3 is 11.7 Å². The van der Waals surface area contributed by atoms with Crippen molar-refractivity contribution in [3.63, 3.8) is 0 Å². The number of ether oxygens (including phenoxy) is 1. The molecule has 4 aromatic rings. The van der Waals surface area contributed by atoms with Gasteiger partial charge in [0, 0.05) is 20.4 Å². The van der Waals surface area contributed by atoms with Crippen molar-refractivity contribution >= 4 is 54.4 Å². The molecule has 0 spiro atoms. The number of rotatable bonds is 5. The van der Waals surface area contributed by atoms with Crippen molar-refractivity contribution in [2.45, 2.75) is 18.0 Å². The molecule has 1 aromatic carbocycles. The van der Waals surface area contributed by atoms with Crippen LogP contribution in [-0.4, -0.2) is 56.9 Å². The van der Waals surface area contributed by atoms with E-state index < -0.39 is 33.0 Å². The molecular formula is C20H20N6O7S2. The Labute approximate surface area is 201 Å². The van der Waals surface area contributed by atoms with Gasteiger partial charge in [-0.3, -0.25) is 23.5 Å². The molecule has 35 heavy (non-hydrogen) atoms. The smallest absolute Gasteiger partial charge is 0.332 e. The minimum atomic E-state index is -3.48. The maximum atomic E-state index is 12.9. The van der Waals surface area contributed by atoms with Crippen molar-refractivity contribution < 1.29 is 22.7 Å². The minimum Gasteiger partial charge on any atom is -0.468 e. The topological polar surface area (TPSA) is 157 Å². The summed E-state index contributed by atoms with van der Waals surface area (Å²) >= 11 is 1.03. The van der Waals surface area contributed by atoms with E-state index in [2.05, 4.69) is 9.98 Å². The van der Waals surface area contributed by atoms with Gasteiger partial charge in [0.25, 0.3) is 11.5 Å². The van der Waals surface area contributed by atoms with Crippen molar-refractivity contribution in [2.24, 2.45) is 19.1 Å². The number of sulfone groups is 1.